The van der Waals surface area contributed by atoms with Gasteiger partial charge in [-0.05, 0) is 12.5 Å². The average molecular weight is 299 g/mol. The van der Waals surface area contributed by atoms with Crippen LogP contribution in [0.5, 0.6) is 0 Å². The van der Waals surface area contributed by atoms with E-state index >= 15 is 0 Å². The highest BCUT2D eigenvalue weighted by molar-refractivity contribution is 5.90. The molecule has 1 aliphatic heterocycles. The second kappa shape index (κ2) is 5.06. The van der Waals surface area contributed by atoms with Crippen LogP contribution in [-0.4, -0.2) is 21.1 Å². The average Bonchev–Trinajstić information content (AvgIpc) is 2.97. The Hall–Kier alpha value is -3.03. The van der Waals surface area contributed by atoms with Crippen LogP contribution < -0.4 is 5.73 Å². The van der Waals surface area contributed by atoms with Crippen LogP contribution >= 0.6 is 0 Å². The number of fused-ring (bicyclic) bond motifs is 1. The van der Waals surface area contributed by atoms with Crippen LogP contribution in [0.15, 0.2) is 33.8 Å². The Bertz CT molecular complexity index is 809. The molecule has 2 aromatic rings. The normalized spacial score (nSPS) is 16.6. The van der Waals surface area contributed by atoms with Crippen LogP contribution in [0.3, 0.4) is 0 Å². The zero-order valence-electron chi connectivity index (χ0n) is 11.8. The van der Waals surface area contributed by atoms with Gasteiger partial charge in [0.15, 0.2) is 11.6 Å². The standard InChI is InChI=1S/C14H13N5O3/c1-3-8-7(2)16-6-9-12(8)17-14(18-13(9)15)10-4-5-11(22-10)19(20)21/h4-6,8H,2-3H2,1H3,(H2,15,17,18). The fourth-order valence-corrected chi connectivity index (χ4v) is 2.38. The van der Waals surface area contributed by atoms with Crippen molar-refractivity contribution in [2.24, 2.45) is 4.99 Å². The van der Waals surface area contributed by atoms with E-state index in [4.69, 9.17) is 10.2 Å². The zero-order chi connectivity index (χ0) is 15.9. The number of anilines is 1. The van der Waals surface area contributed by atoms with Gasteiger partial charge in [0.2, 0.25) is 0 Å². The third-order valence-electron chi connectivity index (χ3n) is 3.50. The van der Waals surface area contributed by atoms with E-state index in [0.29, 0.717) is 17.0 Å². The molecule has 1 atom stereocenters. The van der Waals surface area contributed by atoms with Gasteiger partial charge in [-0.3, -0.25) is 15.1 Å². The number of nitrogens with two attached hydrogens (primary N) is 1. The number of nitro groups is 1. The number of nitrogen functional groups attached to an aromatic ring is 1. The van der Waals surface area contributed by atoms with E-state index < -0.39 is 4.92 Å². The first kappa shape index (κ1) is 13.9. The minimum Gasteiger partial charge on any atom is -0.397 e. The molecule has 0 amide bonds. The van der Waals surface area contributed by atoms with E-state index in [2.05, 4.69) is 21.5 Å². The summed E-state index contributed by atoms with van der Waals surface area (Å²) < 4.78 is 5.14. The molecule has 0 aromatic carbocycles. The Morgan fingerprint density at radius 1 is 1.45 bits per heavy atom. The smallest absolute Gasteiger partial charge is 0.397 e. The first-order valence-electron chi connectivity index (χ1n) is 6.66. The Labute approximate surface area is 125 Å². The van der Waals surface area contributed by atoms with Gasteiger partial charge in [0, 0.05) is 17.8 Å². The highest BCUT2D eigenvalue weighted by Crippen LogP contribution is 2.35. The van der Waals surface area contributed by atoms with E-state index in [0.717, 1.165) is 6.42 Å². The lowest BCUT2D eigenvalue weighted by molar-refractivity contribution is -0.401. The first-order chi connectivity index (χ1) is 10.5. The molecule has 0 bridgehead atoms. The summed E-state index contributed by atoms with van der Waals surface area (Å²) in [7, 11) is 0. The van der Waals surface area contributed by atoms with Gasteiger partial charge in [0.25, 0.3) is 0 Å². The first-order valence-corrected chi connectivity index (χ1v) is 6.66. The van der Waals surface area contributed by atoms with Crippen LogP contribution in [0.2, 0.25) is 0 Å². The van der Waals surface area contributed by atoms with E-state index in [1.165, 1.54) is 12.1 Å². The maximum absolute atomic E-state index is 10.7. The number of furan rings is 1. The molecule has 2 aromatic heterocycles. The highest BCUT2D eigenvalue weighted by atomic mass is 16.6. The lowest BCUT2D eigenvalue weighted by Crippen LogP contribution is -2.15. The van der Waals surface area contributed by atoms with Crippen LogP contribution in [0, 0.1) is 10.1 Å². The molecule has 22 heavy (non-hydrogen) atoms. The molecular weight excluding hydrogens is 286 g/mol. The summed E-state index contributed by atoms with van der Waals surface area (Å²) in [6.45, 7) is 5.91. The van der Waals surface area contributed by atoms with E-state index in [1.54, 1.807) is 6.21 Å². The molecule has 0 saturated heterocycles. The highest BCUT2D eigenvalue weighted by Gasteiger charge is 2.26. The van der Waals surface area contributed by atoms with Crippen LogP contribution in [0.25, 0.3) is 11.6 Å². The Kier molecular flexibility index (Phi) is 3.21. The summed E-state index contributed by atoms with van der Waals surface area (Å²) in [6.07, 6.45) is 2.35. The molecule has 0 radical (unpaired) electrons. The summed E-state index contributed by atoms with van der Waals surface area (Å²) >= 11 is 0. The molecule has 1 aliphatic rings. The van der Waals surface area contributed by atoms with Crippen molar-refractivity contribution >= 4 is 17.9 Å². The van der Waals surface area contributed by atoms with E-state index in [9.17, 15) is 10.1 Å². The van der Waals surface area contributed by atoms with E-state index in [1.807, 2.05) is 6.92 Å². The minimum absolute atomic E-state index is 0.0611. The van der Waals surface area contributed by atoms with Gasteiger partial charge in [-0.25, -0.2) is 9.97 Å². The predicted molar refractivity (Wildman–Crippen MR) is 80.6 cm³/mol. The minimum atomic E-state index is -0.616. The summed E-state index contributed by atoms with van der Waals surface area (Å²) in [4.78, 5) is 22.9. The van der Waals surface area contributed by atoms with Gasteiger partial charge in [-0.2, -0.15) is 0 Å². The number of rotatable bonds is 3. The van der Waals surface area contributed by atoms with Crippen molar-refractivity contribution in [1.29, 1.82) is 0 Å². The van der Waals surface area contributed by atoms with Crippen molar-refractivity contribution in [2.75, 3.05) is 5.73 Å². The number of aromatic nitrogens is 2. The molecule has 0 saturated carbocycles. The van der Waals surface area contributed by atoms with Crippen molar-refractivity contribution in [2.45, 2.75) is 19.3 Å². The summed E-state index contributed by atoms with van der Waals surface area (Å²) in [6, 6.07) is 2.71. The number of aliphatic imine (C=N–C) groups is 1. The van der Waals surface area contributed by atoms with Gasteiger partial charge in [0.05, 0.1) is 17.3 Å². The Morgan fingerprint density at radius 2 is 2.23 bits per heavy atom. The summed E-state index contributed by atoms with van der Waals surface area (Å²) in [5, 5.41) is 10.7. The summed E-state index contributed by atoms with van der Waals surface area (Å²) in [5.41, 5.74) is 8.03. The SMILES string of the molecule is C=C1N=Cc2c(N)nc(-c3ccc([N+](=O)[O-])o3)nc2C1CC. The van der Waals surface area contributed by atoms with Crippen LogP contribution in [-0.2, 0) is 0 Å². The molecular formula is C14H13N5O3. The zero-order valence-corrected chi connectivity index (χ0v) is 11.8. The van der Waals surface area contributed by atoms with Crippen molar-refractivity contribution < 1.29 is 9.34 Å². The molecule has 0 fully saturated rings. The van der Waals surface area contributed by atoms with Crippen molar-refractivity contribution in [3.8, 4) is 11.6 Å². The molecule has 1 unspecified atom stereocenters. The molecule has 2 N–H and O–H groups in total. The lowest BCUT2D eigenvalue weighted by atomic mass is 9.93. The van der Waals surface area contributed by atoms with Crippen LogP contribution in [0.4, 0.5) is 11.7 Å². The maximum Gasteiger partial charge on any atom is 0.433 e. The van der Waals surface area contributed by atoms with Gasteiger partial charge >= 0.3 is 5.88 Å². The molecule has 8 nitrogen and oxygen atoms in total. The number of nitrogens with zero attached hydrogens (tertiary/aromatic N) is 4. The monoisotopic (exact) mass is 299 g/mol. The van der Waals surface area contributed by atoms with E-state index in [-0.39, 0.29) is 29.2 Å². The third kappa shape index (κ3) is 2.14. The molecule has 0 aliphatic carbocycles. The van der Waals surface area contributed by atoms with Crippen LogP contribution in [0.1, 0.15) is 30.5 Å². The largest absolute Gasteiger partial charge is 0.433 e. The van der Waals surface area contributed by atoms with Crippen molar-refractivity contribution in [3.63, 3.8) is 0 Å². The number of hydrogen-bond acceptors (Lipinski definition) is 7. The molecule has 112 valence electrons. The topological polar surface area (TPSA) is 120 Å². The van der Waals surface area contributed by atoms with Gasteiger partial charge in [-0.15, -0.1) is 0 Å². The van der Waals surface area contributed by atoms with Gasteiger partial charge in [0.1, 0.15) is 10.7 Å². The molecule has 0 spiro atoms. The maximum atomic E-state index is 10.7. The Morgan fingerprint density at radius 3 is 2.86 bits per heavy atom. The second-order valence-corrected chi connectivity index (χ2v) is 4.84. The molecule has 8 heteroatoms. The predicted octanol–water partition coefficient (Wildman–Crippen LogP) is 2.67. The van der Waals surface area contributed by atoms with Gasteiger partial charge in [-0.1, -0.05) is 13.5 Å². The van der Waals surface area contributed by atoms with Gasteiger partial charge < -0.3 is 10.2 Å². The fourth-order valence-electron chi connectivity index (χ4n) is 2.38. The second-order valence-electron chi connectivity index (χ2n) is 4.84. The Balaban J connectivity index is 2.13. The third-order valence-corrected chi connectivity index (χ3v) is 3.50. The van der Waals surface area contributed by atoms with Crippen molar-refractivity contribution in [3.05, 3.63) is 45.8 Å². The number of hydrogen-bond donors (Lipinski definition) is 1. The quantitative estimate of drug-likeness (QED) is 0.687. The fraction of sp³-hybridized carbons (Fsp3) is 0.214. The molecule has 3 heterocycles. The number of allylic oxidation sites excluding steroid dienone is 1. The van der Waals surface area contributed by atoms with Crippen molar-refractivity contribution in [1.82, 2.24) is 9.97 Å². The lowest BCUT2D eigenvalue weighted by Gasteiger charge is -2.21. The summed E-state index contributed by atoms with van der Waals surface area (Å²) in [5.74, 6) is 0.241. The molecule has 3 rings (SSSR count).